The van der Waals surface area contributed by atoms with Crippen LogP contribution in [0.25, 0.3) is 10.8 Å². The van der Waals surface area contributed by atoms with Gasteiger partial charge in [-0.25, -0.2) is 0 Å². The molecule has 0 saturated heterocycles. The minimum atomic E-state index is -0.273. The number of hydrogen-bond donors (Lipinski definition) is 1. The largest absolute Gasteiger partial charge is 0.485 e. The van der Waals surface area contributed by atoms with Crippen molar-refractivity contribution in [1.82, 2.24) is 14.8 Å². The summed E-state index contributed by atoms with van der Waals surface area (Å²) >= 11 is 19.5. The Labute approximate surface area is 210 Å². The first-order valence-corrected chi connectivity index (χ1v) is 12.2. The molecule has 1 heterocycles. The number of nitrogens with one attached hydrogen (secondary N) is 1. The zero-order valence-corrected chi connectivity index (χ0v) is 20.6. The molecule has 0 radical (unpaired) electrons. The maximum absolute atomic E-state index is 12.5. The van der Waals surface area contributed by atoms with Gasteiger partial charge in [0.05, 0.1) is 21.5 Å². The first-order chi connectivity index (χ1) is 16.0. The molecule has 1 amide bonds. The first-order valence-electron chi connectivity index (χ1n) is 10.1. The summed E-state index contributed by atoms with van der Waals surface area (Å²) in [6.45, 7) is 2.89. The summed E-state index contributed by atoms with van der Waals surface area (Å²) in [4.78, 5) is 12.5. The Morgan fingerprint density at radius 3 is 2.55 bits per heavy atom. The average Bonchev–Trinajstić information content (AvgIpc) is 3.20. The summed E-state index contributed by atoms with van der Waals surface area (Å²) in [6.07, 6.45) is 0. The molecule has 1 N–H and O–H groups in total. The maximum atomic E-state index is 12.5. The number of hydrogen-bond acceptors (Lipinski definition) is 5. The zero-order valence-electron chi connectivity index (χ0n) is 17.5. The second kappa shape index (κ2) is 10.7. The van der Waals surface area contributed by atoms with E-state index >= 15 is 0 Å². The fourth-order valence-corrected chi connectivity index (χ4v) is 5.01. The van der Waals surface area contributed by atoms with Gasteiger partial charge in [0.25, 0.3) is 0 Å². The van der Waals surface area contributed by atoms with Crippen molar-refractivity contribution in [3.8, 4) is 5.75 Å². The molecule has 10 heteroatoms. The fraction of sp³-hybridized carbons (Fsp3) is 0.174. The van der Waals surface area contributed by atoms with Gasteiger partial charge in [0.15, 0.2) is 11.0 Å². The molecule has 1 aromatic heterocycles. The molecule has 0 aliphatic carbocycles. The zero-order chi connectivity index (χ0) is 23.4. The molecule has 0 fully saturated rings. The number of fused-ring (bicyclic) bond motifs is 1. The van der Waals surface area contributed by atoms with Gasteiger partial charge in [0, 0.05) is 17.0 Å². The summed E-state index contributed by atoms with van der Waals surface area (Å²) < 4.78 is 7.97. The van der Waals surface area contributed by atoms with Crippen molar-refractivity contribution in [2.75, 3.05) is 11.1 Å². The van der Waals surface area contributed by atoms with Gasteiger partial charge in [-0.05, 0) is 30.5 Å². The SMILES string of the molecule is CCn1c(COc2cccc3ccccc23)nnc1SCC(=O)Nc1c(Cl)cc(Cl)cc1Cl. The molecule has 0 atom stereocenters. The quantitative estimate of drug-likeness (QED) is 0.261. The van der Waals surface area contributed by atoms with Crippen LogP contribution in [0.2, 0.25) is 15.1 Å². The lowest BCUT2D eigenvalue weighted by molar-refractivity contribution is -0.113. The van der Waals surface area contributed by atoms with Crippen LogP contribution in [-0.4, -0.2) is 26.4 Å². The first kappa shape index (κ1) is 23.7. The molecule has 0 aliphatic heterocycles. The van der Waals surface area contributed by atoms with E-state index in [9.17, 15) is 4.79 Å². The van der Waals surface area contributed by atoms with Gasteiger partial charge in [0.1, 0.15) is 12.4 Å². The van der Waals surface area contributed by atoms with Crippen LogP contribution in [0.15, 0.2) is 59.8 Å². The molecule has 0 spiro atoms. The molecule has 0 bridgehead atoms. The smallest absolute Gasteiger partial charge is 0.234 e. The molecule has 0 unspecified atom stereocenters. The number of rotatable bonds is 8. The Morgan fingerprint density at radius 2 is 1.79 bits per heavy atom. The highest BCUT2D eigenvalue weighted by molar-refractivity contribution is 7.99. The monoisotopic (exact) mass is 520 g/mol. The van der Waals surface area contributed by atoms with Gasteiger partial charge >= 0.3 is 0 Å². The lowest BCUT2D eigenvalue weighted by Gasteiger charge is -2.11. The van der Waals surface area contributed by atoms with Crippen molar-refractivity contribution in [3.05, 3.63) is 75.5 Å². The van der Waals surface area contributed by atoms with E-state index in [-0.39, 0.29) is 28.3 Å². The Morgan fingerprint density at radius 1 is 1.06 bits per heavy atom. The van der Waals surface area contributed by atoms with Crippen molar-refractivity contribution in [3.63, 3.8) is 0 Å². The Bertz CT molecular complexity index is 1280. The fourth-order valence-electron chi connectivity index (χ4n) is 3.28. The van der Waals surface area contributed by atoms with Crippen LogP contribution in [0.3, 0.4) is 0 Å². The van der Waals surface area contributed by atoms with Gasteiger partial charge in [0.2, 0.25) is 5.91 Å². The Balaban J connectivity index is 1.41. The topological polar surface area (TPSA) is 69.0 Å². The third-order valence-corrected chi connectivity index (χ3v) is 6.60. The summed E-state index contributed by atoms with van der Waals surface area (Å²) in [5.41, 5.74) is 0.328. The van der Waals surface area contributed by atoms with E-state index in [1.165, 1.54) is 23.9 Å². The molecule has 33 heavy (non-hydrogen) atoms. The van der Waals surface area contributed by atoms with Crippen molar-refractivity contribution in [1.29, 1.82) is 0 Å². The van der Waals surface area contributed by atoms with Gasteiger partial charge < -0.3 is 14.6 Å². The number of halogens is 3. The van der Waals surface area contributed by atoms with E-state index < -0.39 is 0 Å². The number of carbonyl (C=O) groups excluding carboxylic acids is 1. The van der Waals surface area contributed by atoms with E-state index in [1.54, 1.807) is 0 Å². The van der Waals surface area contributed by atoms with Crippen molar-refractivity contribution < 1.29 is 9.53 Å². The summed E-state index contributed by atoms with van der Waals surface area (Å²) in [5, 5.41) is 14.9. The second-order valence-corrected chi connectivity index (χ2v) is 9.18. The molecule has 4 rings (SSSR count). The lowest BCUT2D eigenvalue weighted by atomic mass is 10.1. The van der Waals surface area contributed by atoms with Crippen LogP contribution >= 0.6 is 46.6 Å². The molecule has 3 aromatic carbocycles. The van der Waals surface area contributed by atoms with Gasteiger partial charge in [-0.1, -0.05) is 83.0 Å². The number of amides is 1. The normalized spacial score (nSPS) is 11.0. The van der Waals surface area contributed by atoms with E-state index in [0.717, 1.165) is 16.5 Å². The number of aromatic nitrogens is 3. The Hall–Kier alpha value is -2.45. The highest BCUT2D eigenvalue weighted by Crippen LogP contribution is 2.34. The molecule has 0 saturated carbocycles. The third kappa shape index (κ3) is 5.55. The molecule has 170 valence electrons. The number of nitrogens with zero attached hydrogens (tertiary/aromatic N) is 3. The maximum Gasteiger partial charge on any atom is 0.234 e. The highest BCUT2D eigenvalue weighted by Gasteiger charge is 2.16. The second-order valence-electron chi connectivity index (χ2n) is 6.99. The molecular formula is C23H19Cl3N4O2S. The minimum absolute atomic E-state index is 0.109. The van der Waals surface area contributed by atoms with Crippen LogP contribution in [0.1, 0.15) is 12.7 Å². The van der Waals surface area contributed by atoms with Gasteiger partial charge in [-0.15, -0.1) is 10.2 Å². The average molecular weight is 522 g/mol. The minimum Gasteiger partial charge on any atom is -0.485 e. The number of thioether (sulfide) groups is 1. The van der Waals surface area contributed by atoms with Crippen LogP contribution in [0.4, 0.5) is 5.69 Å². The van der Waals surface area contributed by atoms with E-state index in [0.29, 0.717) is 28.2 Å². The standard InChI is InChI=1S/C23H19Cl3N4O2S/c1-2-30-20(12-32-19-9-5-7-14-6-3-4-8-16(14)19)28-29-23(30)33-13-21(31)27-22-17(25)10-15(24)11-18(22)26/h3-11H,2,12-13H2,1H3,(H,27,31). The third-order valence-electron chi connectivity index (χ3n) is 4.82. The van der Waals surface area contributed by atoms with Crippen molar-refractivity contribution in [2.45, 2.75) is 25.2 Å². The predicted molar refractivity (Wildman–Crippen MR) is 135 cm³/mol. The molecular weight excluding hydrogens is 503 g/mol. The van der Waals surface area contributed by atoms with Crippen LogP contribution in [-0.2, 0) is 17.9 Å². The molecule has 4 aromatic rings. The summed E-state index contributed by atoms with van der Waals surface area (Å²) in [7, 11) is 0. The molecule has 6 nitrogen and oxygen atoms in total. The van der Waals surface area contributed by atoms with Crippen molar-refractivity contribution >= 4 is 68.9 Å². The molecule has 0 aliphatic rings. The van der Waals surface area contributed by atoms with Gasteiger partial charge in [-0.2, -0.15) is 0 Å². The predicted octanol–water partition coefficient (Wildman–Crippen LogP) is 6.72. The highest BCUT2D eigenvalue weighted by atomic mass is 35.5. The van der Waals surface area contributed by atoms with Crippen LogP contribution < -0.4 is 10.1 Å². The van der Waals surface area contributed by atoms with Crippen LogP contribution in [0.5, 0.6) is 5.75 Å². The van der Waals surface area contributed by atoms with Gasteiger partial charge in [-0.3, -0.25) is 4.79 Å². The number of carbonyl (C=O) groups is 1. The number of anilines is 1. The van der Waals surface area contributed by atoms with Crippen molar-refractivity contribution in [2.24, 2.45) is 0 Å². The van der Waals surface area contributed by atoms with Crippen LogP contribution in [0, 0.1) is 0 Å². The number of benzene rings is 3. The van der Waals surface area contributed by atoms with E-state index in [1.807, 2.05) is 54.0 Å². The lowest BCUT2D eigenvalue weighted by Crippen LogP contribution is -2.15. The summed E-state index contributed by atoms with van der Waals surface area (Å²) in [6, 6.07) is 17.0. The van der Waals surface area contributed by atoms with E-state index in [4.69, 9.17) is 39.5 Å². The Kier molecular flexibility index (Phi) is 7.65. The van der Waals surface area contributed by atoms with E-state index in [2.05, 4.69) is 15.5 Å². The summed E-state index contributed by atoms with van der Waals surface area (Å²) in [5.74, 6) is 1.30. The number of ether oxygens (including phenoxy) is 1.